The molecule has 0 aliphatic heterocycles. The van der Waals surface area contributed by atoms with Crippen molar-refractivity contribution in [3.05, 3.63) is 30.6 Å². The summed E-state index contributed by atoms with van der Waals surface area (Å²) in [6, 6.07) is 0. The van der Waals surface area contributed by atoms with Crippen LogP contribution in [0.25, 0.3) is 0 Å². The fourth-order valence-electron chi connectivity index (χ4n) is 2.01. The first kappa shape index (κ1) is 13.3. The predicted octanol–water partition coefficient (Wildman–Crippen LogP) is 1.88. The van der Waals surface area contributed by atoms with Crippen LogP contribution in [0.5, 0.6) is 0 Å². The Kier molecular flexibility index (Phi) is 4.33. The van der Waals surface area contributed by atoms with Crippen molar-refractivity contribution in [1.82, 2.24) is 19.5 Å². The number of hydrogen-bond acceptors (Lipinski definition) is 5. The lowest BCUT2D eigenvalue weighted by atomic mass is 10.0. The Morgan fingerprint density at radius 3 is 2.89 bits per heavy atom. The van der Waals surface area contributed by atoms with Gasteiger partial charge in [-0.2, -0.15) is 0 Å². The molecule has 3 N–H and O–H groups in total. The van der Waals surface area contributed by atoms with Crippen molar-refractivity contribution in [3.8, 4) is 0 Å². The zero-order valence-corrected chi connectivity index (χ0v) is 11.4. The van der Waals surface area contributed by atoms with Crippen LogP contribution in [0.2, 0.25) is 0 Å². The van der Waals surface area contributed by atoms with Crippen LogP contribution in [0.1, 0.15) is 31.7 Å². The van der Waals surface area contributed by atoms with Crippen molar-refractivity contribution in [1.29, 1.82) is 0 Å². The third kappa shape index (κ3) is 3.43. The first-order chi connectivity index (χ1) is 9.18. The number of nitrogens with zero attached hydrogens (tertiary/aromatic N) is 4. The number of rotatable bonds is 6. The summed E-state index contributed by atoms with van der Waals surface area (Å²) in [5.41, 5.74) is 6.89. The van der Waals surface area contributed by atoms with E-state index < -0.39 is 0 Å². The van der Waals surface area contributed by atoms with Gasteiger partial charge in [0, 0.05) is 31.0 Å². The van der Waals surface area contributed by atoms with E-state index in [4.69, 9.17) is 5.73 Å². The summed E-state index contributed by atoms with van der Waals surface area (Å²) < 4.78 is 2.05. The van der Waals surface area contributed by atoms with E-state index in [1.807, 2.05) is 12.5 Å². The maximum Gasteiger partial charge on any atom is 0.134 e. The van der Waals surface area contributed by atoms with Crippen LogP contribution in [0.4, 0.5) is 11.6 Å². The van der Waals surface area contributed by atoms with Gasteiger partial charge in [0.2, 0.25) is 0 Å². The van der Waals surface area contributed by atoms with E-state index in [0.717, 1.165) is 30.9 Å². The molecule has 0 amide bonds. The van der Waals surface area contributed by atoms with Crippen molar-refractivity contribution in [2.75, 3.05) is 17.6 Å². The summed E-state index contributed by atoms with van der Waals surface area (Å²) >= 11 is 0. The van der Waals surface area contributed by atoms with Gasteiger partial charge in [-0.15, -0.1) is 0 Å². The van der Waals surface area contributed by atoms with Crippen LogP contribution in [-0.2, 0) is 6.54 Å². The van der Waals surface area contributed by atoms with Gasteiger partial charge >= 0.3 is 0 Å². The Morgan fingerprint density at radius 1 is 1.37 bits per heavy atom. The Hall–Kier alpha value is -2.11. The maximum atomic E-state index is 5.90. The van der Waals surface area contributed by atoms with E-state index >= 15 is 0 Å². The summed E-state index contributed by atoms with van der Waals surface area (Å²) in [6.45, 7) is 5.95. The number of nitrogens with two attached hydrogens (primary N) is 1. The van der Waals surface area contributed by atoms with Crippen molar-refractivity contribution in [2.45, 2.75) is 32.7 Å². The predicted molar refractivity (Wildman–Crippen MR) is 75.9 cm³/mol. The molecule has 0 atom stereocenters. The summed E-state index contributed by atoms with van der Waals surface area (Å²) in [7, 11) is 0. The molecule has 2 rings (SSSR count). The third-order valence-electron chi connectivity index (χ3n) is 2.94. The van der Waals surface area contributed by atoms with Gasteiger partial charge in [-0.05, 0) is 12.3 Å². The lowest BCUT2D eigenvalue weighted by Gasteiger charge is -2.14. The highest BCUT2D eigenvalue weighted by molar-refractivity contribution is 5.56. The number of anilines is 2. The molecule has 0 saturated heterocycles. The summed E-state index contributed by atoms with van der Waals surface area (Å²) in [5.74, 6) is 1.70. The Bertz CT molecular complexity index is 506. The average Bonchev–Trinajstić information content (AvgIpc) is 2.87. The molecule has 2 aromatic heterocycles. The second kappa shape index (κ2) is 6.17. The minimum Gasteiger partial charge on any atom is -0.383 e. The normalized spacial score (nSPS) is 10.9. The van der Waals surface area contributed by atoms with E-state index in [1.54, 1.807) is 6.20 Å². The number of nitrogen functional groups attached to an aromatic ring is 1. The number of aryl methyl sites for hydroxylation is 1. The zero-order valence-electron chi connectivity index (χ0n) is 11.4. The lowest BCUT2D eigenvalue weighted by Crippen LogP contribution is -2.11. The number of hydrogen-bond donors (Lipinski definition) is 2. The molecule has 2 aromatic rings. The van der Waals surface area contributed by atoms with Gasteiger partial charge in [0.05, 0.1) is 6.33 Å². The minimum absolute atomic E-state index is 0.303. The third-order valence-corrected chi connectivity index (χ3v) is 2.94. The summed E-state index contributed by atoms with van der Waals surface area (Å²) in [4.78, 5) is 12.3. The van der Waals surface area contributed by atoms with E-state index in [0.29, 0.717) is 11.7 Å². The van der Waals surface area contributed by atoms with Gasteiger partial charge in [0.25, 0.3) is 0 Å². The van der Waals surface area contributed by atoms with E-state index in [2.05, 4.69) is 38.7 Å². The largest absolute Gasteiger partial charge is 0.383 e. The highest BCUT2D eigenvalue weighted by Gasteiger charge is 2.12. The van der Waals surface area contributed by atoms with Crippen LogP contribution in [-0.4, -0.2) is 26.1 Å². The van der Waals surface area contributed by atoms with Gasteiger partial charge in [-0.1, -0.05) is 13.8 Å². The van der Waals surface area contributed by atoms with Crippen LogP contribution in [0, 0.1) is 0 Å². The Balaban J connectivity index is 1.90. The van der Waals surface area contributed by atoms with Crippen molar-refractivity contribution >= 4 is 11.6 Å². The van der Waals surface area contributed by atoms with Crippen LogP contribution >= 0.6 is 0 Å². The molecule has 0 saturated carbocycles. The molecule has 0 radical (unpaired) electrons. The van der Waals surface area contributed by atoms with Crippen LogP contribution in [0.3, 0.4) is 0 Å². The molecule has 102 valence electrons. The number of aromatic nitrogens is 4. The van der Waals surface area contributed by atoms with E-state index in [9.17, 15) is 0 Å². The van der Waals surface area contributed by atoms with Gasteiger partial charge in [0.15, 0.2) is 0 Å². The van der Waals surface area contributed by atoms with Gasteiger partial charge in [-0.3, -0.25) is 0 Å². The molecule has 0 aliphatic rings. The molecule has 0 unspecified atom stereocenters. The number of imidazole rings is 1. The second-order valence-corrected chi connectivity index (χ2v) is 4.76. The summed E-state index contributed by atoms with van der Waals surface area (Å²) in [5, 5.41) is 3.33. The second-order valence-electron chi connectivity index (χ2n) is 4.76. The van der Waals surface area contributed by atoms with Crippen LogP contribution < -0.4 is 11.1 Å². The Labute approximate surface area is 113 Å². The molecule has 0 spiro atoms. The minimum atomic E-state index is 0.303. The molecule has 19 heavy (non-hydrogen) atoms. The smallest absolute Gasteiger partial charge is 0.134 e. The van der Waals surface area contributed by atoms with Crippen molar-refractivity contribution in [2.24, 2.45) is 0 Å². The molecule has 0 bridgehead atoms. The van der Waals surface area contributed by atoms with E-state index in [-0.39, 0.29) is 0 Å². The highest BCUT2D eigenvalue weighted by atomic mass is 15.0. The molecule has 0 fully saturated rings. The monoisotopic (exact) mass is 260 g/mol. The maximum absolute atomic E-state index is 5.90. The quantitative estimate of drug-likeness (QED) is 0.775. The van der Waals surface area contributed by atoms with Crippen LogP contribution in [0.15, 0.2) is 25.0 Å². The Morgan fingerprint density at radius 2 is 2.21 bits per heavy atom. The van der Waals surface area contributed by atoms with Gasteiger partial charge in [0.1, 0.15) is 18.0 Å². The molecular formula is C13H20N6. The first-order valence-corrected chi connectivity index (χ1v) is 6.48. The zero-order chi connectivity index (χ0) is 13.7. The van der Waals surface area contributed by atoms with Gasteiger partial charge in [-0.25, -0.2) is 15.0 Å². The van der Waals surface area contributed by atoms with Gasteiger partial charge < -0.3 is 15.6 Å². The molecule has 6 nitrogen and oxygen atoms in total. The molecule has 6 heteroatoms. The standard InChI is InChI=1S/C13H20N6/c1-10(2)11-12(14)17-8-18-13(11)16-4-3-6-19-7-5-15-9-19/h5,7-10H,3-4,6H2,1-2H3,(H3,14,16,17,18). The topological polar surface area (TPSA) is 81.6 Å². The van der Waals surface area contributed by atoms with Crippen molar-refractivity contribution in [3.63, 3.8) is 0 Å². The SMILES string of the molecule is CC(C)c1c(N)ncnc1NCCCn1ccnc1. The molecular weight excluding hydrogens is 240 g/mol. The first-order valence-electron chi connectivity index (χ1n) is 6.48. The fraction of sp³-hybridized carbons (Fsp3) is 0.462. The molecule has 0 aromatic carbocycles. The fourth-order valence-corrected chi connectivity index (χ4v) is 2.01. The highest BCUT2D eigenvalue weighted by Crippen LogP contribution is 2.25. The summed E-state index contributed by atoms with van der Waals surface area (Å²) in [6.07, 6.45) is 8.07. The average molecular weight is 260 g/mol. The lowest BCUT2D eigenvalue weighted by molar-refractivity contribution is 0.659. The van der Waals surface area contributed by atoms with Crippen molar-refractivity contribution < 1.29 is 0 Å². The molecule has 2 heterocycles. The van der Waals surface area contributed by atoms with E-state index in [1.165, 1.54) is 6.33 Å². The number of nitrogens with one attached hydrogen (secondary N) is 1. The molecule has 0 aliphatic carbocycles.